The van der Waals surface area contributed by atoms with Crippen molar-refractivity contribution in [2.75, 3.05) is 0 Å². The molecular formula is C14H13N3O7. The van der Waals surface area contributed by atoms with Crippen LogP contribution < -0.4 is 10.6 Å². The quantitative estimate of drug-likeness (QED) is 0.381. The number of hydrogen-bond donors (Lipinski definition) is 3. The number of rotatable bonds is 5. The molecule has 1 aliphatic rings. The maximum atomic E-state index is 12.3. The zero-order chi connectivity index (χ0) is 17.9. The number of carboxylic acid groups (broad SMARTS) is 1. The summed E-state index contributed by atoms with van der Waals surface area (Å²) in [5, 5.41) is 24.2. The molecule has 0 bridgehead atoms. The van der Waals surface area contributed by atoms with Crippen molar-refractivity contribution < 1.29 is 29.2 Å². The van der Waals surface area contributed by atoms with E-state index in [0.717, 1.165) is 18.2 Å². The van der Waals surface area contributed by atoms with Crippen LogP contribution in [0.15, 0.2) is 18.2 Å². The Bertz CT molecular complexity index is 744. The minimum atomic E-state index is -1.26. The summed E-state index contributed by atoms with van der Waals surface area (Å²) in [4.78, 5) is 56.0. The molecule has 0 aromatic heterocycles. The highest BCUT2D eigenvalue weighted by Crippen LogP contribution is 2.19. The molecule has 1 saturated heterocycles. The third-order valence-electron chi connectivity index (χ3n) is 3.43. The minimum Gasteiger partial charge on any atom is -0.481 e. The lowest BCUT2D eigenvalue weighted by molar-refractivity contribution is -0.384. The van der Waals surface area contributed by atoms with Gasteiger partial charge in [-0.25, -0.2) is 0 Å². The highest BCUT2D eigenvalue weighted by molar-refractivity contribution is 6.04. The summed E-state index contributed by atoms with van der Waals surface area (Å²) in [7, 11) is 0. The second kappa shape index (κ2) is 6.86. The number of carbonyl (C=O) groups excluding carboxylic acids is 3. The van der Waals surface area contributed by atoms with Gasteiger partial charge >= 0.3 is 5.97 Å². The van der Waals surface area contributed by atoms with Crippen LogP contribution >= 0.6 is 0 Å². The predicted octanol–water partition coefficient (Wildman–Crippen LogP) is -0.243. The van der Waals surface area contributed by atoms with Gasteiger partial charge in [-0.15, -0.1) is 0 Å². The number of piperidine rings is 1. The zero-order valence-electron chi connectivity index (χ0n) is 12.3. The van der Waals surface area contributed by atoms with Gasteiger partial charge in [0, 0.05) is 24.1 Å². The fourth-order valence-electron chi connectivity index (χ4n) is 2.29. The Labute approximate surface area is 135 Å². The maximum Gasteiger partial charge on any atom is 0.307 e. The van der Waals surface area contributed by atoms with Gasteiger partial charge in [0.1, 0.15) is 6.04 Å². The number of carboxylic acids is 1. The van der Waals surface area contributed by atoms with E-state index in [2.05, 4.69) is 10.6 Å². The second-order valence-corrected chi connectivity index (χ2v) is 5.15. The minimum absolute atomic E-state index is 0.0403. The van der Waals surface area contributed by atoms with Crippen molar-refractivity contribution in [3.63, 3.8) is 0 Å². The van der Waals surface area contributed by atoms with Gasteiger partial charge in [0.15, 0.2) is 0 Å². The van der Waals surface area contributed by atoms with Crippen molar-refractivity contribution >= 4 is 29.4 Å². The summed E-state index contributed by atoms with van der Waals surface area (Å²) >= 11 is 0. The summed E-state index contributed by atoms with van der Waals surface area (Å²) in [6.07, 6.45) is -0.392. The van der Waals surface area contributed by atoms with E-state index in [0.29, 0.717) is 0 Å². The highest BCUT2D eigenvalue weighted by Gasteiger charge is 2.29. The van der Waals surface area contributed by atoms with Crippen molar-refractivity contribution in [1.82, 2.24) is 10.6 Å². The van der Waals surface area contributed by atoms with Crippen molar-refractivity contribution in [2.45, 2.75) is 25.3 Å². The fourth-order valence-corrected chi connectivity index (χ4v) is 2.29. The average molecular weight is 335 g/mol. The molecule has 0 aliphatic carbocycles. The topological polar surface area (TPSA) is 156 Å². The molecule has 1 fully saturated rings. The van der Waals surface area contributed by atoms with E-state index in [1.165, 1.54) is 0 Å². The number of nitro groups is 1. The lowest BCUT2D eigenvalue weighted by Crippen LogP contribution is -2.52. The molecule has 126 valence electrons. The molecule has 10 heteroatoms. The summed E-state index contributed by atoms with van der Waals surface area (Å²) in [5.74, 6) is -3.09. The van der Waals surface area contributed by atoms with Crippen molar-refractivity contribution in [3.8, 4) is 0 Å². The van der Waals surface area contributed by atoms with Gasteiger partial charge in [-0.3, -0.25) is 34.6 Å². The third kappa shape index (κ3) is 3.91. The van der Waals surface area contributed by atoms with Gasteiger partial charge < -0.3 is 10.4 Å². The van der Waals surface area contributed by atoms with Gasteiger partial charge in [-0.05, 0) is 18.1 Å². The first-order valence-electron chi connectivity index (χ1n) is 6.91. The van der Waals surface area contributed by atoms with E-state index in [4.69, 9.17) is 5.11 Å². The Hall–Kier alpha value is -3.30. The fraction of sp³-hybridized carbons (Fsp3) is 0.286. The molecule has 0 spiro atoms. The number of hydrogen-bond acceptors (Lipinski definition) is 6. The lowest BCUT2D eigenvalue weighted by atomic mass is 10.0. The number of benzene rings is 1. The Morgan fingerprint density at radius 3 is 2.67 bits per heavy atom. The lowest BCUT2D eigenvalue weighted by Gasteiger charge is -2.22. The summed E-state index contributed by atoms with van der Waals surface area (Å²) in [6.45, 7) is 0. The Morgan fingerprint density at radius 2 is 2.08 bits per heavy atom. The van der Waals surface area contributed by atoms with Gasteiger partial charge in [-0.1, -0.05) is 0 Å². The number of nitrogens with one attached hydrogen (secondary N) is 2. The summed E-state index contributed by atoms with van der Waals surface area (Å²) in [5.41, 5.74) is -0.460. The number of carbonyl (C=O) groups is 4. The Balaban J connectivity index is 2.24. The molecule has 0 radical (unpaired) electrons. The average Bonchev–Trinajstić information content (AvgIpc) is 2.49. The van der Waals surface area contributed by atoms with E-state index >= 15 is 0 Å². The molecule has 1 heterocycles. The van der Waals surface area contributed by atoms with Gasteiger partial charge in [-0.2, -0.15) is 0 Å². The van der Waals surface area contributed by atoms with E-state index in [1.807, 2.05) is 0 Å². The van der Waals surface area contributed by atoms with Gasteiger partial charge in [0.2, 0.25) is 11.8 Å². The van der Waals surface area contributed by atoms with Crippen LogP contribution in [0.5, 0.6) is 0 Å². The standard InChI is InChI=1S/C14H13N3O7/c18-11-4-3-10(14(22)16-11)15-13(21)9-2-1-8(17(23)24)5-7(9)6-12(19)20/h1-2,5,10H,3-4,6H2,(H,15,21)(H,19,20)(H,16,18,22). The molecule has 1 aromatic rings. The van der Waals surface area contributed by atoms with E-state index in [1.54, 1.807) is 0 Å². The van der Waals surface area contributed by atoms with Crippen LogP contribution in [0, 0.1) is 10.1 Å². The van der Waals surface area contributed by atoms with E-state index < -0.39 is 41.1 Å². The first-order valence-corrected chi connectivity index (χ1v) is 6.91. The number of non-ortho nitro benzene ring substituents is 1. The van der Waals surface area contributed by atoms with Crippen LogP contribution in [-0.4, -0.2) is 39.8 Å². The Morgan fingerprint density at radius 1 is 1.38 bits per heavy atom. The molecule has 2 rings (SSSR count). The molecule has 1 aliphatic heterocycles. The largest absolute Gasteiger partial charge is 0.481 e. The number of aliphatic carboxylic acids is 1. The van der Waals surface area contributed by atoms with Crippen molar-refractivity contribution in [3.05, 3.63) is 39.4 Å². The maximum absolute atomic E-state index is 12.3. The molecule has 24 heavy (non-hydrogen) atoms. The van der Waals surface area contributed by atoms with Crippen LogP contribution in [0.4, 0.5) is 5.69 Å². The normalized spacial score (nSPS) is 17.1. The Kier molecular flexibility index (Phi) is 4.87. The summed E-state index contributed by atoms with van der Waals surface area (Å²) < 4.78 is 0. The number of nitrogens with zero attached hydrogens (tertiary/aromatic N) is 1. The van der Waals surface area contributed by atoms with Crippen LogP contribution in [0.3, 0.4) is 0 Å². The number of nitro benzene ring substituents is 1. The van der Waals surface area contributed by atoms with Crippen molar-refractivity contribution in [2.24, 2.45) is 0 Å². The van der Waals surface area contributed by atoms with E-state index in [-0.39, 0.29) is 29.7 Å². The monoisotopic (exact) mass is 335 g/mol. The van der Waals surface area contributed by atoms with Crippen LogP contribution in [0.2, 0.25) is 0 Å². The second-order valence-electron chi connectivity index (χ2n) is 5.15. The summed E-state index contributed by atoms with van der Waals surface area (Å²) in [6, 6.07) is 2.29. The first kappa shape index (κ1) is 17.1. The zero-order valence-corrected chi connectivity index (χ0v) is 12.3. The number of imide groups is 1. The van der Waals surface area contributed by atoms with Crippen molar-refractivity contribution in [1.29, 1.82) is 0 Å². The third-order valence-corrected chi connectivity index (χ3v) is 3.43. The van der Waals surface area contributed by atoms with Crippen LogP contribution in [0.25, 0.3) is 0 Å². The van der Waals surface area contributed by atoms with Crippen LogP contribution in [-0.2, 0) is 20.8 Å². The molecular weight excluding hydrogens is 322 g/mol. The smallest absolute Gasteiger partial charge is 0.307 e. The molecule has 3 N–H and O–H groups in total. The molecule has 3 amide bonds. The molecule has 10 nitrogen and oxygen atoms in total. The van der Waals surface area contributed by atoms with Gasteiger partial charge in [0.05, 0.1) is 11.3 Å². The van der Waals surface area contributed by atoms with Crippen LogP contribution in [0.1, 0.15) is 28.8 Å². The van der Waals surface area contributed by atoms with E-state index in [9.17, 15) is 29.3 Å². The molecule has 0 saturated carbocycles. The predicted molar refractivity (Wildman–Crippen MR) is 78.1 cm³/mol. The number of amides is 3. The first-order chi connectivity index (χ1) is 11.3. The highest BCUT2D eigenvalue weighted by atomic mass is 16.6. The SMILES string of the molecule is O=C(O)Cc1cc([N+](=O)[O-])ccc1C(=O)NC1CCC(=O)NC1=O. The van der Waals surface area contributed by atoms with Gasteiger partial charge in [0.25, 0.3) is 11.6 Å². The molecule has 1 unspecified atom stereocenters. The molecule has 1 atom stereocenters. The molecule has 1 aromatic carbocycles.